The summed E-state index contributed by atoms with van der Waals surface area (Å²) in [5, 5.41) is 3.38. The van der Waals surface area contributed by atoms with Gasteiger partial charge in [0.05, 0.1) is 6.54 Å². The first kappa shape index (κ1) is 14.8. The molecule has 110 valence electrons. The van der Waals surface area contributed by atoms with Gasteiger partial charge >= 0.3 is 5.97 Å². The first-order valence-electron chi connectivity index (χ1n) is 7.84. The van der Waals surface area contributed by atoms with E-state index in [1.54, 1.807) is 0 Å². The molecule has 2 aliphatic carbocycles. The second kappa shape index (κ2) is 5.82. The highest BCUT2D eigenvalue weighted by Crippen LogP contribution is 2.48. The van der Waals surface area contributed by atoms with Crippen LogP contribution in [0.2, 0.25) is 0 Å². The Balaban J connectivity index is 1.67. The van der Waals surface area contributed by atoms with Gasteiger partial charge in [-0.15, -0.1) is 0 Å². The third kappa shape index (κ3) is 4.48. The Hall–Kier alpha value is -0.570. The summed E-state index contributed by atoms with van der Waals surface area (Å²) in [6.07, 6.45) is 10.9. The second-order valence-corrected chi connectivity index (χ2v) is 7.45. The van der Waals surface area contributed by atoms with Gasteiger partial charge in [-0.25, -0.2) is 0 Å². The van der Waals surface area contributed by atoms with Crippen molar-refractivity contribution < 1.29 is 9.53 Å². The topological polar surface area (TPSA) is 38.3 Å². The highest BCUT2D eigenvalue weighted by molar-refractivity contribution is 5.72. The maximum absolute atomic E-state index is 11.7. The number of hydrogen-bond acceptors (Lipinski definition) is 3. The van der Waals surface area contributed by atoms with Crippen LogP contribution in [0.15, 0.2) is 0 Å². The zero-order valence-electron chi connectivity index (χ0n) is 12.8. The molecule has 0 saturated heterocycles. The van der Waals surface area contributed by atoms with Crippen molar-refractivity contribution >= 4 is 5.97 Å². The molecule has 2 saturated carbocycles. The van der Waals surface area contributed by atoms with Crippen molar-refractivity contribution in [2.75, 3.05) is 6.54 Å². The molecule has 19 heavy (non-hydrogen) atoms. The molecule has 0 radical (unpaired) electrons. The van der Waals surface area contributed by atoms with Crippen LogP contribution in [0.3, 0.4) is 0 Å². The van der Waals surface area contributed by atoms with Gasteiger partial charge in [0.1, 0.15) is 5.60 Å². The van der Waals surface area contributed by atoms with E-state index >= 15 is 0 Å². The molecule has 1 spiro atoms. The van der Waals surface area contributed by atoms with Crippen molar-refractivity contribution in [3.8, 4) is 0 Å². The molecule has 0 bridgehead atoms. The Morgan fingerprint density at radius 2 is 1.74 bits per heavy atom. The largest absolute Gasteiger partial charge is 0.459 e. The third-order valence-electron chi connectivity index (χ3n) is 4.67. The predicted molar refractivity (Wildman–Crippen MR) is 77.0 cm³/mol. The van der Waals surface area contributed by atoms with E-state index in [9.17, 15) is 4.79 Å². The van der Waals surface area contributed by atoms with Crippen molar-refractivity contribution in [2.24, 2.45) is 5.41 Å². The summed E-state index contributed by atoms with van der Waals surface area (Å²) >= 11 is 0. The number of esters is 1. The molecule has 2 rings (SSSR count). The molecule has 3 heteroatoms. The van der Waals surface area contributed by atoms with E-state index in [-0.39, 0.29) is 11.6 Å². The lowest BCUT2D eigenvalue weighted by molar-refractivity contribution is -0.153. The summed E-state index contributed by atoms with van der Waals surface area (Å²) in [7, 11) is 0. The summed E-state index contributed by atoms with van der Waals surface area (Å²) in [4.78, 5) is 11.7. The molecule has 0 heterocycles. The molecule has 0 aromatic carbocycles. The van der Waals surface area contributed by atoms with Crippen molar-refractivity contribution in [2.45, 2.75) is 83.8 Å². The third-order valence-corrected chi connectivity index (χ3v) is 4.67. The number of carbonyl (C=O) groups excluding carboxylic acids is 1. The Labute approximate surface area is 117 Å². The summed E-state index contributed by atoms with van der Waals surface area (Å²) in [5.41, 5.74) is 0.295. The number of carbonyl (C=O) groups is 1. The van der Waals surface area contributed by atoms with E-state index in [0.717, 1.165) is 0 Å². The quantitative estimate of drug-likeness (QED) is 0.796. The summed E-state index contributed by atoms with van der Waals surface area (Å²) < 4.78 is 5.32. The average Bonchev–Trinajstić information content (AvgIpc) is 2.75. The fourth-order valence-corrected chi connectivity index (χ4v) is 3.66. The molecular formula is C16H29NO2. The van der Waals surface area contributed by atoms with Crippen molar-refractivity contribution in [1.29, 1.82) is 0 Å². The van der Waals surface area contributed by atoms with Crippen LogP contribution >= 0.6 is 0 Å². The van der Waals surface area contributed by atoms with E-state index in [2.05, 4.69) is 5.32 Å². The number of ether oxygens (including phenoxy) is 1. The Morgan fingerprint density at radius 1 is 1.16 bits per heavy atom. The maximum Gasteiger partial charge on any atom is 0.320 e. The highest BCUT2D eigenvalue weighted by Gasteiger charge is 2.37. The molecule has 2 fully saturated rings. The van der Waals surface area contributed by atoms with Crippen LogP contribution in [0.25, 0.3) is 0 Å². The van der Waals surface area contributed by atoms with Crippen LogP contribution in [-0.4, -0.2) is 24.2 Å². The minimum absolute atomic E-state index is 0.131. The molecular weight excluding hydrogens is 238 g/mol. The van der Waals surface area contributed by atoms with Gasteiger partial charge < -0.3 is 10.1 Å². The van der Waals surface area contributed by atoms with Crippen LogP contribution < -0.4 is 5.32 Å². The van der Waals surface area contributed by atoms with Gasteiger partial charge in [-0.05, 0) is 64.7 Å². The van der Waals surface area contributed by atoms with Gasteiger partial charge in [0.15, 0.2) is 0 Å². The average molecular weight is 267 g/mol. The van der Waals surface area contributed by atoms with E-state index in [4.69, 9.17) is 4.74 Å². The lowest BCUT2D eigenvalue weighted by Crippen LogP contribution is -2.40. The van der Waals surface area contributed by atoms with Crippen LogP contribution in [0.1, 0.15) is 72.1 Å². The van der Waals surface area contributed by atoms with E-state index in [1.807, 2.05) is 20.8 Å². The van der Waals surface area contributed by atoms with Gasteiger partial charge in [-0.3, -0.25) is 4.79 Å². The van der Waals surface area contributed by atoms with Gasteiger partial charge in [0.25, 0.3) is 0 Å². The molecule has 0 aliphatic heterocycles. The normalized spacial score (nSPS) is 23.7. The Bertz CT molecular complexity index is 303. The summed E-state index contributed by atoms with van der Waals surface area (Å²) in [6, 6.07) is 0.513. The van der Waals surface area contributed by atoms with Gasteiger partial charge in [-0.1, -0.05) is 12.8 Å². The number of nitrogens with one attached hydrogen (secondary N) is 1. The van der Waals surface area contributed by atoms with Gasteiger partial charge in [0.2, 0.25) is 0 Å². The first-order valence-corrected chi connectivity index (χ1v) is 7.84. The minimum Gasteiger partial charge on any atom is -0.459 e. The van der Waals surface area contributed by atoms with Gasteiger partial charge in [-0.2, -0.15) is 0 Å². The molecule has 0 aromatic rings. The molecule has 0 unspecified atom stereocenters. The SMILES string of the molecule is CC(C)(C)OC(=O)CNC1CCC2(CCCC2)CC1. The Kier molecular flexibility index (Phi) is 4.54. The van der Waals surface area contributed by atoms with Crippen LogP contribution in [0.5, 0.6) is 0 Å². The van der Waals surface area contributed by atoms with Gasteiger partial charge in [0, 0.05) is 6.04 Å². The van der Waals surface area contributed by atoms with E-state index in [0.29, 0.717) is 18.0 Å². The lowest BCUT2D eigenvalue weighted by atomic mass is 9.71. The zero-order chi connectivity index (χ0) is 13.9. The molecule has 1 N–H and O–H groups in total. The lowest BCUT2D eigenvalue weighted by Gasteiger charge is -2.37. The molecule has 0 aromatic heterocycles. The predicted octanol–water partition coefficient (Wildman–Crippen LogP) is 3.42. The van der Waals surface area contributed by atoms with E-state index < -0.39 is 0 Å². The van der Waals surface area contributed by atoms with Crippen LogP contribution in [-0.2, 0) is 9.53 Å². The maximum atomic E-state index is 11.7. The van der Waals surface area contributed by atoms with Crippen LogP contribution in [0, 0.1) is 5.41 Å². The van der Waals surface area contributed by atoms with Crippen molar-refractivity contribution in [3.05, 3.63) is 0 Å². The fourth-order valence-electron chi connectivity index (χ4n) is 3.66. The zero-order valence-corrected chi connectivity index (χ0v) is 12.8. The Morgan fingerprint density at radius 3 is 2.26 bits per heavy atom. The smallest absolute Gasteiger partial charge is 0.320 e. The first-order chi connectivity index (χ1) is 8.89. The molecule has 3 nitrogen and oxygen atoms in total. The van der Waals surface area contributed by atoms with E-state index in [1.165, 1.54) is 51.4 Å². The number of hydrogen-bond donors (Lipinski definition) is 1. The van der Waals surface area contributed by atoms with Crippen molar-refractivity contribution in [1.82, 2.24) is 5.32 Å². The molecule has 0 amide bonds. The second-order valence-electron chi connectivity index (χ2n) is 7.45. The molecule has 2 aliphatic rings. The van der Waals surface area contributed by atoms with Crippen molar-refractivity contribution in [3.63, 3.8) is 0 Å². The fraction of sp³-hybridized carbons (Fsp3) is 0.938. The standard InChI is InChI=1S/C16H29NO2/c1-15(2,3)19-14(18)12-17-13-6-10-16(11-7-13)8-4-5-9-16/h13,17H,4-12H2,1-3H3. The van der Waals surface area contributed by atoms with Crippen LogP contribution in [0.4, 0.5) is 0 Å². The summed E-state index contributed by atoms with van der Waals surface area (Å²) in [6.45, 7) is 6.09. The monoisotopic (exact) mass is 267 g/mol. The molecule has 0 atom stereocenters. The highest BCUT2D eigenvalue weighted by atomic mass is 16.6. The summed E-state index contributed by atoms with van der Waals surface area (Å²) in [5.74, 6) is -0.131. The number of rotatable bonds is 3. The minimum atomic E-state index is -0.376.